The highest BCUT2D eigenvalue weighted by atomic mass is 31.2. The number of nitro groups is 1. The van der Waals surface area contributed by atoms with Crippen molar-refractivity contribution in [1.82, 2.24) is 19.1 Å². The Morgan fingerprint density at radius 1 is 1.24 bits per heavy atom. The molecular formula is C16H18N5O7P. The summed E-state index contributed by atoms with van der Waals surface area (Å²) >= 11 is 0. The lowest BCUT2D eigenvalue weighted by Crippen LogP contribution is -2.36. The van der Waals surface area contributed by atoms with Crippen LogP contribution in [0.4, 0.5) is 5.69 Å². The first kappa shape index (κ1) is 20.6. The van der Waals surface area contributed by atoms with Crippen molar-refractivity contribution in [3.63, 3.8) is 0 Å². The summed E-state index contributed by atoms with van der Waals surface area (Å²) in [4.78, 5) is 41.9. The molecule has 1 N–H and O–H groups in total. The minimum Gasteiger partial charge on any atom is -0.316 e. The van der Waals surface area contributed by atoms with Crippen molar-refractivity contribution in [2.24, 2.45) is 0 Å². The number of fused-ring (bicyclic) bond motifs is 1. The number of aromatic nitrogens is 4. The third kappa shape index (κ3) is 4.04. The average Bonchev–Trinajstić information content (AvgIpc) is 3.19. The van der Waals surface area contributed by atoms with Gasteiger partial charge in [0.1, 0.15) is 12.0 Å². The van der Waals surface area contributed by atoms with Gasteiger partial charge in [0.15, 0.2) is 0 Å². The monoisotopic (exact) mass is 423 g/mol. The van der Waals surface area contributed by atoms with Crippen molar-refractivity contribution in [3.05, 3.63) is 61.7 Å². The number of benzene rings is 1. The predicted molar refractivity (Wildman–Crippen MR) is 103 cm³/mol. The lowest BCUT2D eigenvalue weighted by Gasteiger charge is -2.19. The Kier molecular flexibility index (Phi) is 5.78. The highest BCUT2D eigenvalue weighted by molar-refractivity contribution is 7.52. The molecule has 2 heterocycles. The van der Waals surface area contributed by atoms with Crippen molar-refractivity contribution in [2.75, 3.05) is 13.2 Å². The summed E-state index contributed by atoms with van der Waals surface area (Å²) in [5.41, 5.74) is -2.03. The van der Waals surface area contributed by atoms with Crippen LogP contribution in [0.5, 0.6) is 0 Å². The maximum Gasteiger partial charge on any atom is 0.350 e. The van der Waals surface area contributed by atoms with E-state index in [1.165, 1.54) is 29.4 Å². The number of nitrogens with one attached hydrogen (secondary N) is 1. The molecule has 0 atom stereocenters. The van der Waals surface area contributed by atoms with E-state index in [-0.39, 0.29) is 35.6 Å². The summed E-state index contributed by atoms with van der Waals surface area (Å²) in [5.74, 6) is 0. The van der Waals surface area contributed by atoms with Crippen LogP contribution in [0.1, 0.15) is 13.8 Å². The number of nitrogens with zero attached hydrogens (tertiary/aromatic N) is 4. The van der Waals surface area contributed by atoms with Gasteiger partial charge >= 0.3 is 18.7 Å². The van der Waals surface area contributed by atoms with E-state index in [0.29, 0.717) is 0 Å². The van der Waals surface area contributed by atoms with Crippen LogP contribution in [0.2, 0.25) is 0 Å². The molecule has 0 spiro atoms. The number of hydrogen-bond donors (Lipinski definition) is 1. The first-order valence-electron chi connectivity index (χ1n) is 8.61. The molecule has 1 aromatic carbocycles. The quantitative estimate of drug-likeness (QED) is 0.250. The Hall–Kier alpha value is -3.08. The zero-order chi connectivity index (χ0) is 21.2. The van der Waals surface area contributed by atoms with Crippen molar-refractivity contribution in [3.8, 4) is 5.69 Å². The number of hydrogen-bond acceptors (Lipinski definition) is 8. The highest BCUT2D eigenvalue weighted by Gasteiger charge is 2.28. The molecule has 0 amide bonds. The summed E-state index contributed by atoms with van der Waals surface area (Å²) < 4.78 is 25.6. The molecule has 29 heavy (non-hydrogen) atoms. The van der Waals surface area contributed by atoms with Gasteiger partial charge in [-0.25, -0.2) is 4.98 Å². The lowest BCUT2D eigenvalue weighted by molar-refractivity contribution is -0.384. The van der Waals surface area contributed by atoms with E-state index in [2.05, 4.69) is 9.97 Å². The maximum atomic E-state index is 12.9. The van der Waals surface area contributed by atoms with Crippen LogP contribution < -0.4 is 11.1 Å². The van der Waals surface area contributed by atoms with Crippen molar-refractivity contribution in [1.29, 1.82) is 0 Å². The number of rotatable bonds is 8. The summed E-state index contributed by atoms with van der Waals surface area (Å²) in [7, 11) is -3.77. The largest absolute Gasteiger partial charge is 0.350 e. The van der Waals surface area contributed by atoms with Gasteiger partial charge in [0, 0.05) is 18.5 Å². The normalized spacial score (nSPS) is 11.8. The summed E-state index contributed by atoms with van der Waals surface area (Å²) in [6, 6.07) is 2.48. The van der Waals surface area contributed by atoms with Crippen LogP contribution >= 0.6 is 7.60 Å². The molecule has 12 nitrogen and oxygen atoms in total. The fraction of sp³-hybridized carbons (Fsp3) is 0.312. The first-order chi connectivity index (χ1) is 13.8. The van der Waals surface area contributed by atoms with Gasteiger partial charge in [-0.05, 0) is 19.9 Å². The van der Waals surface area contributed by atoms with Crippen LogP contribution in [0.25, 0.3) is 16.7 Å². The zero-order valence-corrected chi connectivity index (χ0v) is 16.5. The molecular weight excluding hydrogens is 405 g/mol. The Morgan fingerprint density at radius 2 is 1.93 bits per heavy atom. The van der Waals surface area contributed by atoms with Gasteiger partial charge in [-0.3, -0.25) is 28.8 Å². The zero-order valence-electron chi connectivity index (χ0n) is 15.6. The van der Waals surface area contributed by atoms with Gasteiger partial charge in [-0.15, -0.1) is 0 Å². The second-order valence-corrected chi connectivity index (χ2v) is 7.88. The van der Waals surface area contributed by atoms with Crippen molar-refractivity contribution < 1.29 is 18.5 Å². The average molecular weight is 423 g/mol. The fourth-order valence-electron chi connectivity index (χ4n) is 2.88. The standard InChI is InChI=1S/C16H18N5O7P/c1-3-27-29(26,28-4-2)10-20-12-8-14(21(24)25)13(19-6-5-17-9-19)7-11(12)18-15(22)16(20)23/h5-9H,3-4,10H2,1-2H3,(H,18,22). The maximum absolute atomic E-state index is 12.9. The molecule has 0 saturated heterocycles. The molecule has 0 saturated carbocycles. The molecule has 0 aliphatic carbocycles. The van der Waals surface area contributed by atoms with Gasteiger partial charge in [0.25, 0.3) is 5.69 Å². The minimum atomic E-state index is -3.77. The third-order valence-electron chi connectivity index (χ3n) is 4.02. The number of nitro benzene ring substituents is 1. The minimum absolute atomic E-state index is 0.0183. The molecule has 3 aromatic rings. The van der Waals surface area contributed by atoms with E-state index >= 15 is 0 Å². The van der Waals surface area contributed by atoms with E-state index in [1.807, 2.05) is 0 Å². The molecule has 0 radical (unpaired) electrons. The van der Waals surface area contributed by atoms with E-state index < -0.39 is 29.9 Å². The first-order valence-corrected chi connectivity index (χ1v) is 10.3. The molecule has 2 aromatic heterocycles. The van der Waals surface area contributed by atoms with Gasteiger partial charge in [0.2, 0.25) is 0 Å². The summed E-state index contributed by atoms with van der Waals surface area (Å²) in [6.07, 6.45) is 3.74. The SMILES string of the molecule is CCOP(=O)(Cn1c(=O)c(=O)[nH]c2cc(-n3ccnc3)c([N+](=O)[O-])cc21)OCC. The molecule has 154 valence electrons. The van der Waals surface area contributed by atoms with Gasteiger partial charge in [0.05, 0.1) is 35.5 Å². The van der Waals surface area contributed by atoms with Crippen LogP contribution in [0.3, 0.4) is 0 Å². The van der Waals surface area contributed by atoms with Gasteiger partial charge in [-0.2, -0.15) is 0 Å². The number of imidazole rings is 1. The highest BCUT2D eigenvalue weighted by Crippen LogP contribution is 2.49. The van der Waals surface area contributed by atoms with Crippen molar-refractivity contribution in [2.45, 2.75) is 20.1 Å². The van der Waals surface area contributed by atoms with Crippen LogP contribution in [0, 0.1) is 10.1 Å². The topological polar surface area (TPSA) is 151 Å². The molecule has 0 fully saturated rings. The molecule has 0 unspecified atom stereocenters. The van der Waals surface area contributed by atoms with E-state index in [0.717, 1.165) is 10.6 Å². The van der Waals surface area contributed by atoms with Gasteiger partial charge < -0.3 is 18.6 Å². The molecule has 0 aliphatic heterocycles. The number of aromatic amines is 1. The van der Waals surface area contributed by atoms with E-state index in [1.54, 1.807) is 13.8 Å². The van der Waals surface area contributed by atoms with Gasteiger partial charge in [-0.1, -0.05) is 0 Å². The molecule has 0 aliphatic rings. The van der Waals surface area contributed by atoms with E-state index in [4.69, 9.17) is 9.05 Å². The third-order valence-corrected chi connectivity index (χ3v) is 5.95. The van der Waals surface area contributed by atoms with Crippen LogP contribution in [-0.4, -0.2) is 37.2 Å². The van der Waals surface area contributed by atoms with E-state index in [9.17, 15) is 24.3 Å². The fourth-order valence-corrected chi connectivity index (χ4v) is 4.53. The smallest absolute Gasteiger partial charge is 0.316 e. The second-order valence-electron chi connectivity index (χ2n) is 5.86. The van der Waals surface area contributed by atoms with Crippen LogP contribution in [0.15, 0.2) is 40.4 Å². The summed E-state index contributed by atoms with van der Waals surface area (Å²) in [5, 5.41) is 11.6. The molecule has 13 heteroatoms. The molecule has 3 rings (SSSR count). The Morgan fingerprint density at radius 3 is 2.48 bits per heavy atom. The van der Waals surface area contributed by atoms with Crippen LogP contribution in [-0.2, 0) is 19.9 Å². The second kappa shape index (κ2) is 8.11. The Balaban J connectivity index is 2.30. The number of H-pyrrole nitrogens is 1. The Labute approximate surface area is 163 Å². The van der Waals surface area contributed by atoms with Crippen molar-refractivity contribution >= 4 is 24.3 Å². The lowest BCUT2D eigenvalue weighted by atomic mass is 10.2. The predicted octanol–water partition coefficient (Wildman–Crippen LogP) is 2.01. The molecule has 0 bridgehead atoms. The Bertz CT molecular complexity index is 1200. The summed E-state index contributed by atoms with van der Waals surface area (Å²) in [6.45, 7) is 3.31.